The van der Waals surface area contributed by atoms with Gasteiger partial charge < -0.3 is 10.2 Å². The molecule has 2 aromatic rings. The Labute approximate surface area is 147 Å². The predicted molar refractivity (Wildman–Crippen MR) is 94.4 cm³/mol. The average Bonchev–Trinajstić information content (AvgIpc) is 3.24. The van der Waals surface area contributed by atoms with E-state index in [0.29, 0.717) is 28.9 Å². The lowest BCUT2D eigenvalue weighted by Crippen LogP contribution is -2.44. The van der Waals surface area contributed by atoms with Gasteiger partial charge in [0.1, 0.15) is 11.9 Å². The van der Waals surface area contributed by atoms with Crippen LogP contribution in [0.3, 0.4) is 0 Å². The van der Waals surface area contributed by atoms with E-state index in [2.05, 4.69) is 10.3 Å². The largest absolute Gasteiger partial charge is 0.321 e. The van der Waals surface area contributed by atoms with E-state index < -0.39 is 6.04 Å². The fraction of sp³-hybridized carbons (Fsp3) is 0.312. The van der Waals surface area contributed by atoms with Crippen molar-refractivity contribution in [2.75, 3.05) is 16.9 Å². The van der Waals surface area contributed by atoms with E-state index in [9.17, 15) is 14.0 Å². The molecule has 2 amide bonds. The molecule has 8 heteroatoms. The summed E-state index contributed by atoms with van der Waals surface area (Å²) in [6, 6.07) is 5.57. The van der Waals surface area contributed by atoms with Gasteiger partial charge in [-0.15, -0.1) is 23.1 Å². The zero-order chi connectivity index (χ0) is 17.1. The Balaban J connectivity index is 1.69. The summed E-state index contributed by atoms with van der Waals surface area (Å²) in [6.07, 6.45) is 0.385. The molecule has 0 radical (unpaired) electrons. The van der Waals surface area contributed by atoms with Crippen molar-refractivity contribution >= 4 is 40.0 Å². The van der Waals surface area contributed by atoms with Crippen molar-refractivity contribution in [2.45, 2.75) is 19.4 Å². The molecule has 1 N–H and O–H groups in total. The molecule has 5 nitrogen and oxygen atoms in total. The van der Waals surface area contributed by atoms with Gasteiger partial charge in [-0.2, -0.15) is 0 Å². The third kappa shape index (κ3) is 3.59. The summed E-state index contributed by atoms with van der Waals surface area (Å²) in [5, 5.41) is 5.06. The van der Waals surface area contributed by atoms with Gasteiger partial charge >= 0.3 is 0 Å². The van der Waals surface area contributed by atoms with Crippen LogP contribution in [-0.2, 0) is 9.59 Å². The van der Waals surface area contributed by atoms with Crippen LogP contribution in [0.5, 0.6) is 0 Å². The maximum atomic E-state index is 13.0. The molecule has 1 atom stereocenters. The lowest BCUT2D eigenvalue weighted by atomic mass is 10.2. The number of thioether (sulfide) groups is 1. The number of halogens is 1. The Bertz CT molecular complexity index is 748. The van der Waals surface area contributed by atoms with Crippen LogP contribution in [-0.4, -0.2) is 39.4 Å². The normalized spacial score (nSPS) is 17.1. The number of thiazole rings is 1. The molecule has 24 heavy (non-hydrogen) atoms. The Morgan fingerprint density at radius 3 is 2.83 bits per heavy atom. The Morgan fingerprint density at radius 1 is 1.38 bits per heavy atom. The number of carbonyl (C=O) groups is 2. The van der Waals surface area contributed by atoms with Crippen molar-refractivity contribution in [1.29, 1.82) is 0 Å². The first-order valence-electron chi connectivity index (χ1n) is 7.48. The molecule has 2 heterocycles. The van der Waals surface area contributed by atoms with Gasteiger partial charge in [0.15, 0.2) is 5.13 Å². The van der Waals surface area contributed by atoms with Crippen LogP contribution in [0.4, 0.5) is 9.52 Å². The highest BCUT2D eigenvalue weighted by Gasteiger charge is 2.34. The van der Waals surface area contributed by atoms with Crippen molar-refractivity contribution in [2.24, 2.45) is 0 Å². The van der Waals surface area contributed by atoms with Crippen molar-refractivity contribution in [1.82, 2.24) is 9.88 Å². The van der Waals surface area contributed by atoms with E-state index in [4.69, 9.17) is 0 Å². The minimum absolute atomic E-state index is 0.0220. The van der Waals surface area contributed by atoms with Crippen molar-refractivity contribution in [3.63, 3.8) is 0 Å². The lowest BCUT2D eigenvalue weighted by molar-refractivity contribution is -0.135. The van der Waals surface area contributed by atoms with Crippen LogP contribution in [0.25, 0.3) is 11.3 Å². The fourth-order valence-corrected chi connectivity index (χ4v) is 4.29. The van der Waals surface area contributed by atoms with Crippen LogP contribution in [0.2, 0.25) is 0 Å². The number of nitrogens with one attached hydrogen (secondary N) is 1. The molecule has 0 aliphatic carbocycles. The second-order valence-electron chi connectivity index (χ2n) is 5.27. The van der Waals surface area contributed by atoms with Gasteiger partial charge in [0.2, 0.25) is 11.8 Å². The van der Waals surface area contributed by atoms with Crippen molar-refractivity contribution in [3.05, 3.63) is 35.5 Å². The number of nitrogens with zero attached hydrogens (tertiary/aromatic N) is 2. The molecule has 0 saturated carbocycles. The first-order chi connectivity index (χ1) is 11.6. The Kier molecular flexibility index (Phi) is 5.15. The summed E-state index contributed by atoms with van der Waals surface area (Å²) in [4.78, 5) is 30.3. The SMILES string of the molecule is CCC(=O)N1CSCC1C(=O)Nc1nc(-c2ccc(F)cc2)cs1. The zero-order valence-electron chi connectivity index (χ0n) is 13.0. The highest BCUT2D eigenvalue weighted by molar-refractivity contribution is 7.99. The van der Waals surface area contributed by atoms with E-state index in [1.54, 1.807) is 41.1 Å². The third-order valence-corrected chi connectivity index (χ3v) is 5.45. The molecule has 1 aliphatic heterocycles. The number of anilines is 1. The van der Waals surface area contributed by atoms with Gasteiger partial charge in [-0.3, -0.25) is 9.59 Å². The Hall–Kier alpha value is -1.93. The van der Waals surface area contributed by atoms with Gasteiger partial charge in [-0.25, -0.2) is 9.37 Å². The summed E-state index contributed by atoms with van der Waals surface area (Å²) in [6.45, 7) is 1.79. The first kappa shape index (κ1) is 16.9. The van der Waals surface area contributed by atoms with Gasteiger partial charge in [0.25, 0.3) is 0 Å². The summed E-state index contributed by atoms with van der Waals surface area (Å²) in [5.74, 6) is 0.590. The molecule has 1 aromatic heterocycles. The molecule has 1 aromatic carbocycles. The Morgan fingerprint density at radius 2 is 2.12 bits per heavy atom. The quantitative estimate of drug-likeness (QED) is 0.904. The number of benzene rings is 1. The van der Waals surface area contributed by atoms with Crippen LogP contribution in [0.15, 0.2) is 29.6 Å². The van der Waals surface area contributed by atoms with Gasteiger partial charge in [-0.05, 0) is 24.3 Å². The molecule has 3 rings (SSSR count). The van der Waals surface area contributed by atoms with E-state index in [0.717, 1.165) is 5.56 Å². The molecule has 1 unspecified atom stereocenters. The maximum absolute atomic E-state index is 13.0. The van der Waals surface area contributed by atoms with E-state index in [1.807, 2.05) is 0 Å². The number of rotatable bonds is 4. The van der Waals surface area contributed by atoms with Crippen LogP contribution in [0, 0.1) is 5.82 Å². The number of carbonyl (C=O) groups excluding carboxylic acids is 2. The lowest BCUT2D eigenvalue weighted by Gasteiger charge is -2.21. The molecular weight excluding hydrogens is 349 g/mol. The monoisotopic (exact) mass is 365 g/mol. The summed E-state index contributed by atoms with van der Waals surface area (Å²) in [5.41, 5.74) is 1.46. The molecule has 0 bridgehead atoms. The highest BCUT2D eigenvalue weighted by atomic mass is 32.2. The second kappa shape index (κ2) is 7.31. The van der Waals surface area contributed by atoms with Crippen molar-refractivity contribution in [3.8, 4) is 11.3 Å². The first-order valence-corrected chi connectivity index (χ1v) is 9.51. The second-order valence-corrected chi connectivity index (χ2v) is 7.12. The highest BCUT2D eigenvalue weighted by Crippen LogP contribution is 2.27. The van der Waals surface area contributed by atoms with Crippen LogP contribution < -0.4 is 5.32 Å². The van der Waals surface area contributed by atoms with Crippen molar-refractivity contribution < 1.29 is 14.0 Å². The molecule has 126 valence electrons. The van der Waals surface area contributed by atoms with Gasteiger partial charge in [-0.1, -0.05) is 6.92 Å². The number of aromatic nitrogens is 1. The molecule has 1 fully saturated rings. The van der Waals surface area contributed by atoms with E-state index >= 15 is 0 Å². The van der Waals surface area contributed by atoms with E-state index in [-0.39, 0.29) is 17.6 Å². The maximum Gasteiger partial charge on any atom is 0.249 e. The zero-order valence-corrected chi connectivity index (χ0v) is 14.6. The number of hydrogen-bond acceptors (Lipinski definition) is 5. The standard InChI is InChI=1S/C16H16FN3O2S2/c1-2-14(21)20-9-23-8-13(20)15(22)19-16-18-12(7-24-16)10-3-5-11(17)6-4-10/h3-7,13H,2,8-9H2,1H3,(H,18,19,22). The predicted octanol–water partition coefficient (Wildman–Crippen LogP) is 3.20. The minimum Gasteiger partial charge on any atom is -0.321 e. The summed E-state index contributed by atoms with van der Waals surface area (Å²) in [7, 11) is 0. The molecular formula is C16H16FN3O2S2. The topological polar surface area (TPSA) is 62.3 Å². The number of hydrogen-bond donors (Lipinski definition) is 1. The van der Waals surface area contributed by atoms with Gasteiger partial charge in [0, 0.05) is 23.1 Å². The number of amides is 2. The smallest absolute Gasteiger partial charge is 0.249 e. The van der Waals surface area contributed by atoms with E-state index in [1.165, 1.54) is 23.5 Å². The molecule has 1 aliphatic rings. The average molecular weight is 365 g/mol. The van der Waals surface area contributed by atoms with Crippen LogP contribution >= 0.6 is 23.1 Å². The summed E-state index contributed by atoms with van der Waals surface area (Å²) >= 11 is 2.87. The fourth-order valence-electron chi connectivity index (χ4n) is 2.38. The molecule has 1 saturated heterocycles. The minimum atomic E-state index is -0.458. The summed E-state index contributed by atoms with van der Waals surface area (Å²) < 4.78 is 13.0. The van der Waals surface area contributed by atoms with Crippen LogP contribution in [0.1, 0.15) is 13.3 Å². The third-order valence-electron chi connectivity index (χ3n) is 3.68. The molecule has 0 spiro atoms. The van der Waals surface area contributed by atoms with Gasteiger partial charge in [0.05, 0.1) is 11.6 Å².